The number of ether oxygens (including phenoxy) is 1. The number of halogens is 4. The van der Waals surface area contributed by atoms with Crippen molar-refractivity contribution in [1.82, 2.24) is 10.6 Å². The zero-order valence-corrected chi connectivity index (χ0v) is 15.4. The minimum Gasteiger partial charge on any atom is -0.380 e. The van der Waals surface area contributed by atoms with Crippen molar-refractivity contribution in [3.63, 3.8) is 0 Å². The lowest BCUT2D eigenvalue weighted by Gasteiger charge is -2.38. The van der Waals surface area contributed by atoms with Gasteiger partial charge >= 0.3 is 6.18 Å². The number of nitrogens with zero attached hydrogens (tertiary/aromatic N) is 1. The van der Waals surface area contributed by atoms with Gasteiger partial charge in [0.05, 0.1) is 18.8 Å². The predicted molar refractivity (Wildman–Crippen MR) is 94.0 cm³/mol. The maximum absolute atomic E-state index is 12.7. The Labute approximate surface area is 150 Å². The normalized spacial score (nSPS) is 17.0. The molecule has 0 radical (unpaired) electrons. The van der Waals surface area contributed by atoms with Crippen molar-refractivity contribution in [3.05, 3.63) is 35.4 Å². The van der Waals surface area contributed by atoms with Gasteiger partial charge in [0.25, 0.3) is 0 Å². The zero-order valence-electron chi connectivity index (χ0n) is 13.0. The van der Waals surface area contributed by atoms with Crippen LogP contribution in [0.2, 0.25) is 0 Å². The largest absolute Gasteiger partial charge is 0.416 e. The van der Waals surface area contributed by atoms with Crippen LogP contribution in [-0.4, -0.2) is 32.8 Å². The molecule has 0 atom stereocenters. The molecule has 0 saturated carbocycles. The van der Waals surface area contributed by atoms with E-state index in [2.05, 4.69) is 22.5 Å². The second kappa shape index (κ2) is 8.18. The van der Waals surface area contributed by atoms with Crippen molar-refractivity contribution in [3.8, 4) is 0 Å². The van der Waals surface area contributed by atoms with Gasteiger partial charge in [-0.25, -0.2) is 0 Å². The molecule has 1 aliphatic heterocycles. The molecule has 0 bridgehead atoms. The molecular weight excluding hydrogens is 422 g/mol. The molecule has 1 heterocycles. The Balaban J connectivity index is 0.00000264. The van der Waals surface area contributed by atoms with Gasteiger partial charge in [-0.1, -0.05) is 19.1 Å². The Kier molecular flexibility index (Phi) is 7.12. The Hall–Kier alpha value is -1.03. The Morgan fingerprint density at radius 3 is 2.52 bits per heavy atom. The number of aliphatic imine (C=N–C) groups is 1. The highest BCUT2D eigenvalue weighted by Crippen LogP contribution is 2.29. The van der Waals surface area contributed by atoms with Gasteiger partial charge in [-0.05, 0) is 17.7 Å². The Bertz CT molecular complexity index is 545. The van der Waals surface area contributed by atoms with Crippen LogP contribution in [0.25, 0.3) is 0 Å². The highest BCUT2D eigenvalue weighted by atomic mass is 127. The Morgan fingerprint density at radius 2 is 2.00 bits per heavy atom. The molecule has 2 N–H and O–H groups in total. The molecule has 23 heavy (non-hydrogen) atoms. The molecule has 1 saturated heterocycles. The van der Waals surface area contributed by atoms with E-state index in [1.165, 1.54) is 6.07 Å². The molecule has 8 heteroatoms. The summed E-state index contributed by atoms with van der Waals surface area (Å²) in [6.07, 6.45) is -4.32. The maximum atomic E-state index is 12.7. The van der Waals surface area contributed by atoms with Crippen molar-refractivity contribution in [2.45, 2.75) is 19.6 Å². The average Bonchev–Trinajstić information content (AvgIpc) is 2.45. The van der Waals surface area contributed by atoms with E-state index >= 15 is 0 Å². The third kappa shape index (κ3) is 5.83. The fraction of sp³-hybridized carbons (Fsp3) is 0.533. The third-order valence-corrected chi connectivity index (χ3v) is 3.52. The van der Waals surface area contributed by atoms with Crippen molar-refractivity contribution in [2.24, 2.45) is 10.4 Å². The highest BCUT2D eigenvalue weighted by Gasteiger charge is 2.33. The summed E-state index contributed by atoms with van der Waals surface area (Å²) < 4.78 is 43.2. The molecule has 1 aromatic carbocycles. The van der Waals surface area contributed by atoms with Crippen LogP contribution >= 0.6 is 24.0 Å². The molecular formula is C15H21F3IN3O. The minimum absolute atomic E-state index is 0. The molecule has 0 aromatic heterocycles. The van der Waals surface area contributed by atoms with E-state index in [0.717, 1.165) is 12.1 Å². The minimum atomic E-state index is -4.32. The number of guanidine groups is 1. The van der Waals surface area contributed by atoms with E-state index in [1.807, 2.05) is 0 Å². The smallest absolute Gasteiger partial charge is 0.380 e. The van der Waals surface area contributed by atoms with Gasteiger partial charge in [-0.15, -0.1) is 24.0 Å². The summed E-state index contributed by atoms with van der Waals surface area (Å²) in [5.74, 6) is 0.561. The zero-order chi connectivity index (χ0) is 16.2. The predicted octanol–water partition coefficient (Wildman–Crippen LogP) is 3.02. The van der Waals surface area contributed by atoms with Crippen molar-refractivity contribution in [2.75, 3.05) is 26.8 Å². The van der Waals surface area contributed by atoms with Crippen LogP contribution in [0.1, 0.15) is 18.1 Å². The SMILES string of the molecule is CN=C(NCc1cccc(C(F)(F)F)c1)NCC1(C)COC1.I. The number of rotatable bonds is 4. The van der Waals surface area contributed by atoms with Gasteiger partial charge in [0.2, 0.25) is 0 Å². The molecule has 0 spiro atoms. The summed E-state index contributed by atoms with van der Waals surface area (Å²) >= 11 is 0. The topological polar surface area (TPSA) is 45.7 Å². The lowest BCUT2D eigenvalue weighted by Crippen LogP contribution is -2.50. The van der Waals surface area contributed by atoms with Crippen molar-refractivity contribution in [1.29, 1.82) is 0 Å². The summed E-state index contributed by atoms with van der Waals surface area (Å²) in [4.78, 5) is 4.07. The molecule has 130 valence electrons. The van der Waals surface area contributed by atoms with Gasteiger partial charge in [-0.2, -0.15) is 13.2 Å². The van der Waals surface area contributed by atoms with Crippen molar-refractivity contribution >= 4 is 29.9 Å². The highest BCUT2D eigenvalue weighted by molar-refractivity contribution is 14.0. The molecule has 1 fully saturated rings. The second-order valence-corrected chi connectivity index (χ2v) is 5.78. The number of alkyl halides is 3. The van der Waals surface area contributed by atoms with Crippen LogP contribution in [0, 0.1) is 5.41 Å². The van der Waals surface area contributed by atoms with Crippen molar-refractivity contribution < 1.29 is 17.9 Å². The van der Waals surface area contributed by atoms with E-state index in [-0.39, 0.29) is 35.9 Å². The van der Waals surface area contributed by atoms with Gasteiger partial charge < -0.3 is 15.4 Å². The second-order valence-electron chi connectivity index (χ2n) is 5.78. The first-order valence-corrected chi connectivity index (χ1v) is 7.01. The average molecular weight is 443 g/mol. The first kappa shape index (κ1) is 20.0. The summed E-state index contributed by atoms with van der Waals surface area (Å²) in [5.41, 5.74) is -0.00165. The van der Waals surface area contributed by atoms with Crippen LogP contribution in [0.15, 0.2) is 29.3 Å². The quantitative estimate of drug-likeness (QED) is 0.428. The van der Waals surface area contributed by atoms with Gasteiger partial charge in [0, 0.05) is 25.6 Å². The number of hydrogen-bond donors (Lipinski definition) is 2. The van der Waals surface area contributed by atoms with Crippen LogP contribution in [-0.2, 0) is 17.5 Å². The molecule has 2 rings (SSSR count). The monoisotopic (exact) mass is 443 g/mol. The van der Waals surface area contributed by atoms with Crippen LogP contribution in [0.4, 0.5) is 13.2 Å². The number of benzene rings is 1. The van der Waals surface area contributed by atoms with Crippen LogP contribution < -0.4 is 10.6 Å². The fourth-order valence-electron chi connectivity index (χ4n) is 2.11. The first-order chi connectivity index (χ1) is 10.3. The number of hydrogen-bond acceptors (Lipinski definition) is 2. The van der Waals surface area contributed by atoms with E-state index < -0.39 is 11.7 Å². The van der Waals surface area contributed by atoms with Crippen LogP contribution in [0.3, 0.4) is 0 Å². The summed E-state index contributed by atoms with van der Waals surface area (Å²) in [5, 5.41) is 6.18. The molecule has 0 unspecified atom stereocenters. The standard InChI is InChI=1S/C15H20F3N3O.HI/c1-14(9-22-10-14)8-21-13(19-2)20-7-11-4-3-5-12(6-11)15(16,17)18;/h3-6H,7-10H2,1-2H3,(H2,19,20,21);1H. The summed E-state index contributed by atoms with van der Waals surface area (Å²) in [6.45, 7) is 4.48. The maximum Gasteiger partial charge on any atom is 0.416 e. The van der Waals surface area contributed by atoms with E-state index in [0.29, 0.717) is 31.3 Å². The van der Waals surface area contributed by atoms with Gasteiger partial charge in [0.15, 0.2) is 5.96 Å². The van der Waals surface area contributed by atoms with E-state index in [9.17, 15) is 13.2 Å². The summed E-state index contributed by atoms with van der Waals surface area (Å²) in [6, 6.07) is 5.26. The third-order valence-electron chi connectivity index (χ3n) is 3.52. The number of nitrogens with one attached hydrogen (secondary N) is 2. The molecule has 1 aliphatic rings. The first-order valence-electron chi connectivity index (χ1n) is 7.01. The van der Waals surface area contributed by atoms with E-state index in [1.54, 1.807) is 13.1 Å². The van der Waals surface area contributed by atoms with Crippen LogP contribution in [0.5, 0.6) is 0 Å². The lowest BCUT2D eigenvalue weighted by atomic mass is 9.89. The van der Waals surface area contributed by atoms with E-state index in [4.69, 9.17) is 4.74 Å². The fourth-order valence-corrected chi connectivity index (χ4v) is 2.11. The molecule has 0 amide bonds. The van der Waals surface area contributed by atoms with Gasteiger partial charge in [-0.3, -0.25) is 4.99 Å². The molecule has 1 aromatic rings. The molecule has 4 nitrogen and oxygen atoms in total. The summed E-state index contributed by atoms with van der Waals surface area (Å²) in [7, 11) is 1.63. The molecule has 0 aliphatic carbocycles. The Morgan fingerprint density at radius 1 is 1.30 bits per heavy atom. The lowest BCUT2D eigenvalue weighted by molar-refractivity contribution is -0.137. The van der Waals surface area contributed by atoms with Gasteiger partial charge in [0.1, 0.15) is 0 Å².